The molecule has 0 aliphatic carbocycles. The monoisotopic (exact) mass is 262 g/mol. The molecule has 1 aliphatic heterocycles. The van der Waals surface area contributed by atoms with Crippen molar-refractivity contribution in [3.05, 3.63) is 29.8 Å². The van der Waals surface area contributed by atoms with Crippen LogP contribution in [0.5, 0.6) is 0 Å². The molecule has 2 rings (SSSR count). The van der Waals surface area contributed by atoms with E-state index in [4.69, 9.17) is 5.11 Å². The highest BCUT2D eigenvalue weighted by Gasteiger charge is 2.10. The number of hydrogen-bond acceptors (Lipinski definition) is 3. The second kappa shape index (κ2) is 7.51. The summed E-state index contributed by atoms with van der Waals surface area (Å²) in [5, 5.41) is 12.1. The van der Waals surface area contributed by atoms with E-state index in [9.17, 15) is 0 Å². The summed E-state index contributed by atoms with van der Waals surface area (Å²) < 4.78 is 0. The second-order valence-corrected chi connectivity index (χ2v) is 5.39. The van der Waals surface area contributed by atoms with Crippen LogP contribution in [0.4, 0.5) is 5.69 Å². The van der Waals surface area contributed by atoms with Gasteiger partial charge in [-0.15, -0.1) is 0 Å². The summed E-state index contributed by atoms with van der Waals surface area (Å²) in [6.07, 6.45) is 5.37. The van der Waals surface area contributed by atoms with Crippen LogP contribution in [0.15, 0.2) is 24.3 Å². The van der Waals surface area contributed by atoms with E-state index in [1.165, 1.54) is 50.0 Å². The van der Waals surface area contributed by atoms with E-state index in [1.54, 1.807) is 0 Å². The van der Waals surface area contributed by atoms with E-state index < -0.39 is 0 Å². The Kier molecular flexibility index (Phi) is 5.67. The second-order valence-electron chi connectivity index (χ2n) is 5.39. The van der Waals surface area contributed by atoms with E-state index in [-0.39, 0.29) is 6.61 Å². The van der Waals surface area contributed by atoms with Crippen LogP contribution in [-0.4, -0.2) is 31.3 Å². The van der Waals surface area contributed by atoms with Crippen LogP contribution >= 0.6 is 0 Å². The lowest BCUT2D eigenvalue weighted by molar-refractivity contribution is 0.286. The Morgan fingerprint density at radius 3 is 2.32 bits per heavy atom. The predicted molar refractivity (Wildman–Crippen MR) is 80.6 cm³/mol. The third-order valence-corrected chi connectivity index (χ3v) is 3.93. The Morgan fingerprint density at radius 2 is 1.74 bits per heavy atom. The first kappa shape index (κ1) is 14.4. The lowest BCUT2D eigenvalue weighted by Crippen LogP contribution is -2.24. The third kappa shape index (κ3) is 4.22. The SMILES string of the molecule is CC(NCCO)c1ccc(N2CCCCCC2)cc1. The van der Waals surface area contributed by atoms with Gasteiger partial charge in [0.05, 0.1) is 6.61 Å². The maximum atomic E-state index is 8.83. The first-order valence-corrected chi connectivity index (χ1v) is 7.50. The number of aliphatic hydroxyl groups is 1. The molecular formula is C16H26N2O. The maximum absolute atomic E-state index is 8.83. The third-order valence-electron chi connectivity index (χ3n) is 3.93. The molecular weight excluding hydrogens is 236 g/mol. The minimum absolute atomic E-state index is 0.191. The van der Waals surface area contributed by atoms with Gasteiger partial charge in [-0.2, -0.15) is 0 Å². The van der Waals surface area contributed by atoms with Gasteiger partial charge in [-0.25, -0.2) is 0 Å². The molecule has 1 aromatic rings. The quantitative estimate of drug-likeness (QED) is 0.856. The minimum atomic E-state index is 0.191. The van der Waals surface area contributed by atoms with Crippen LogP contribution in [0.1, 0.15) is 44.2 Å². The van der Waals surface area contributed by atoms with Crippen LogP contribution in [-0.2, 0) is 0 Å². The number of anilines is 1. The highest BCUT2D eigenvalue weighted by Crippen LogP contribution is 2.22. The number of rotatable bonds is 5. The fraction of sp³-hybridized carbons (Fsp3) is 0.625. The Balaban J connectivity index is 1.96. The first-order valence-electron chi connectivity index (χ1n) is 7.50. The molecule has 1 aromatic carbocycles. The summed E-state index contributed by atoms with van der Waals surface area (Å²) in [7, 11) is 0. The molecule has 0 bridgehead atoms. The molecule has 3 heteroatoms. The lowest BCUT2D eigenvalue weighted by atomic mass is 10.1. The van der Waals surface area contributed by atoms with Gasteiger partial charge in [-0.05, 0) is 37.5 Å². The zero-order valence-corrected chi connectivity index (χ0v) is 11.9. The highest BCUT2D eigenvalue weighted by atomic mass is 16.3. The smallest absolute Gasteiger partial charge is 0.0556 e. The van der Waals surface area contributed by atoms with Crippen molar-refractivity contribution in [3.8, 4) is 0 Å². The molecule has 0 radical (unpaired) electrons. The van der Waals surface area contributed by atoms with Gasteiger partial charge in [0.2, 0.25) is 0 Å². The van der Waals surface area contributed by atoms with Crippen LogP contribution in [0.2, 0.25) is 0 Å². The van der Waals surface area contributed by atoms with Crippen molar-refractivity contribution in [2.75, 3.05) is 31.1 Å². The van der Waals surface area contributed by atoms with Gasteiger partial charge >= 0.3 is 0 Å². The van der Waals surface area contributed by atoms with Crippen molar-refractivity contribution in [2.24, 2.45) is 0 Å². The van der Waals surface area contributed by atoms with E-state index in [1.807, 2.05) is 0 Å². The predicted octanol–water partition coefficient (Wildman–Crippen LogP) is 2.71. The summed E-state index contributed by atoms with van der Waals surface area (Å²) in [6, 6.07) is 9.17. The molecule has 0 saturated carbocycles. The van der Waals surface area contributed by atoms with Gasteiger partial charge in [-0.3, -0.25) is 0 Å². The van der Waals surface area contributed by atoms with Crippen molar-refractivity contribution in [1.82, 2.24) is 5.32 Å². The topological polar surface area (TPSA) is 35.5 Å². The standard InChI is InChI=1S/C16H26N2O/c1-14(17-10-13-19)15-6-8-16(9-7-15)18-11-4-2-3-5-12-18/h6-9,14,17,19H,2-5,10-13H2,1H3. The van der Waals surface area contributed by atoms with Gasteiger partial charge < -0.3 is 15.3 Å². The first-order chi connectivity index (χ1) is 9.31. The number of aliphatic hydroxyl groups excluding tert-OH is 1. The molecule has 2 N–H and O–H groups in total. The van der Waals surface area contributed by atoms with Crippen LogP contribution < -0.4 is 10.2 Å². The van der Waals surface area contributed by atoms with E-state index in [2.05, 4.69) is 41.4 Å². The average Bonchev–Trinajstić information content (AvgIpc) is 2.74. The molecule has 0 amide bonds. The van der Waals surface area contributed by atoms with E-state index in [0.29, 0.717) is 12.6 Å². The zero-order valence-electron chi connectivity index (χ0n) is 11.9. The summed E-state index contributed by atoms with van der Waals surface area (Å²) in [5.41, 5.74) is 2.63. The van der Waals surface area contributed by atoms with Crippen molar-refractivity contribution in [2.45, 2.75) is 38.6 Å². The molecule has 0 aromatic heterocycles. The number of nitrogens with zero attached hydrogens (tertiary/aromatic N) is 1. The highest BCUT2D eigenvalue weighted by molar-refractivity contribution is 5.48. The molecule has 1 atom stereocenters. The number of hydrogen-bond donors (Lipinski definition) is 2. The fourth-order valence-corrected chi connectivity index (χ4v) is 2.70. The van der Waals surface area contributed by atoms with Crippen LogP contribution in [0.3, 0.4) is 0 Å². The summed E-state index contributed by atoms with van der Waals surface area (Å²) >= 11 is 0. The van der Waals surface area contributed by atoms with Crippen LogP contribution in [0.25, 0.3) is 0 Å². The molecule has 1 saturated heterocycles. The lowest BCUT2D eigenvalue weighted by Gasteiger charge is -2.23. The summed E-state index contributed by atoms with van der Waals surface area (Å²) in [4.78, 5) is 2.50. The van der Waals surface area contributed by atoms with Gasteiger partial charge in [0.25, 0.3) is 0 Å². The van der Waals surface area contributed by atoms with Gasteiger partial charge in [0, 0.05) is 31.4 Å². The Bertz CT molecular complexity index is 356. The number of nitrogens with one attached hydrogen (secondary N) is 1. The normalized spacial score (nSPS) is 18.1. The largest absolute Gasteiger partial charge is 0.395 e. The molecule has 0 spiro atoms. The molecule has 1 unspecified atom stereocenters. The van der Waals surface area contributed by atoms with Crippen molar-refractivity contribution in [3.63, 3.8) is 0 Å². The van der Waals surface area contributed by atoms with Crippen molar-refractivity contribution in [1.29, 1.82) is 0 Å². The molecule has 1 heterocycles. The Morgan fingerprint density at radius 1 is 1.11 bits per heavy atom. The van der Waals surface area contributed by atoms with Gasteiger partial charge in [0.1, 0.15) is 0 Å². The maximum Gasteiger partial charge on any atom is 0.0556 e. The van der Waals surface area contributed by atoms with E-state index in [0.717, 1.165) is 0 Å². The summed E-state index contributed by atoms with van der Waals surface area (Å²) in [6.45, 7) is 5.36. The zero-order chi connectivity index (χ0) is 13.5. The molecule has 1 fully saturated rings. The average molecular weight is 262 g/mol. The summed E-state index contributed by atoms with van der Waals surface area (Å²) in [5.74, 6) is 0. The fourth-order valence-electron chi connectivity index (χ4n) is 2.70. The molecule has 1 aliphatic rings. The van der Waals surface area contributed by atoms with E-state index >= 15 is 0 Å². The minimum Gasteiger partial charge on any atom is -0.395 e. The van der Waals surface area contributed by atoms with Crippen molar-refractivity contribution >= 4 is 5.69 Å². The Hall–Kier alpha value is -1.06. The number of benzene rings is 1. The molecule has 106 valence electrons. The van der Waals surface area contributed by atoms with Crippen molar-refractivity contribution < 1.29 is 5.11 Å². The molecule has 19 heavy (non-hydrogen) atoms. The van der Waals surface area contributed by atoms with Gasteiger partial charge in [-0.1, -0.05) is 25.0 Å². The van der Waals surface area contributed by atoms with Gasteiger partial charge in [0.15, 0.2) is 0 Å². The Labute approximate surface area is 116 Å². The van der Waals surface area contributed by atoms with Crippen LogP contribution in [0, 0.1) is 0 Å². The molecule has 3 nitrogen and oxygen atoms in total.